The molecule has 160 valence electrons. The molecule has 1 aromatic heterocycles. The number of carbonyl (C=O) groups excluding carboxylic acids is 1. The number of hydrogen-bond acceptors (Lipinski definition) is 4. The van der Waals surface area contributed by atoms with Gasteiger partial charge in [0.1, 0.15) is 11.5 Å². The molecule has 2 aromatic rings. The summed E-state index contributed by atoms with van der Waals surface area (Å²) < 4.78 is 23.2. The molecule has 3 atom stereocenters. The first kappa shape index (κ1) is 18.0. The molecule has 0 radical (unpaired) electrons. The summed E-state index contributed by atoms with van der Waals surface area (Å²) in [6.45, 7) is 2.75. The Morgan fingerprint density at radius 1 is 1.27 bits per heavy atom. The van der Waals surface area contributed by atoms with Crippen LogP contribution in [0.2, 0.25) is 5.02 Å². The Morgan fingerprint density at radius 3 is 2.90 bits per heavy atom. The summed E-state index contributed by atoms with van der Waals surface area (Å²) in [7, 11) is 2.15. The minimum Gasteiger partial charge on any atom is -0.350 e. The van der Waals surface area contributed by atoms with Crippen molar-refractivity contribution in [3.8, 4) is 0 Å². The molecular weight excluding hydrogens is 405 g/mol. The fraction of sp³-hybridized carbons (Fsp3) is 0.591. The molecular formula is C22H27ClFN5O. The normalized spacial score (nSPS) is 34.0. The van der Waals surface area contributed by atoms with Crippen LogP contribution < -0.4 is 5.43 Å². The number of benzene rings is 1. The van der Waals surface area contributed by atoms with Gasteiger partial charge in [0.15, 0.2) is 0 Å². The second-order valence-electron chi connectivity index (χ2n) is 9.39. The van der Waals surface area contributed by atoms with Crippen molar-refractivity contribution in [3.05, 3.63) is 34.7 Å². The van der Waals surface area contributed by atoms with Crippen molar-refractivity contribution in [3.63, 3.8) is 0 Å². The Kier molecular flexibility index (Phi) is 3.99. The highest BCUT2D eigenvalue weighted by atomic mass is 35.5. The molecule has 3 saturated heterocycles. The lowest BCUT2D eigenvalue weighted by Crippen LogP contribution is -2.50. The van der Waals surface area contributed by atoms with E-state index in [2.05, 4.69) is 27.4 Å². The minimum absolute atomic E-state index is 0.0355. The van der Waals surface area contributed by atoms with Gasteiger partial charge in [-0.2, -0.15) is 0 Å². The third kappa shape index (κ3) is 2.90. The number of amides is 1. The highest BCUT2D eigenvalue weighted by Crippen LogP contribution is 2.47. The van der Waals surface area contributed by atoms with Gasteiger partial charge in [0.25, 0.3) is 5.91 Å². The zero-order chi connectivity index (χ0) is 21.5. The number of piperidine rings is 1. The van der Waals surface area contributed by atoms with Gasteiger partial charge in [-0.3, -0.25) is 15.1 Å². The molecule has 2 N–H and O–H groups in total. The van der Waals surface area contributed by atoms with E-state index in [1.165, 1.54) is 25.0 Å². The monoisotopic (exact) mass is 432 g/mol. The van der Waals surface area contributed by atoms with Gasteiger partial charge in [-0.05, 0) is 50.9 Å². The van der Waals surface area contributed by atoms with Gasteiger partial charge in [0.2, 0.25) is 0 Å². The number of fused-ring (bicyclic) bond motifs is 4. The van der Waals surface area contributed by atoms with Crippen molar-refractivity contribution in [1.29, 1.82) is 0 Å². The third-order valence-corrected chi connectivity index (χ3v) is 8.01. The number of hydrazine groups is 1. The van der Waals surface area contributed by atoms with Crippen LogP contribution in [0, 0.1) is 11.7 Å². The zero-order valence-electron chi connectivity index (χ0n) is 18.0. The summed E-state index contributed by atoms with van der Waals surface area (Å²) in [5.74, 6) is -0.557. The molecule has 3 unspecified atom stereocenters. The second-order valence-corrected chi connectivity index (χ2v) is 9.80. The van der Waals surface area contributed by atoms with E-state index in [-0.39, 0.29) is 28.4 Å². The molecule has 4 fully saturated rings. The topological polar surface area (TPSA) is 54.6 Å². The number of nitrogens with one attached hydrogen (secondary N) is 2. The van der Waals surface area contributed by atoms with Crippen molar-refractivity contribution >= 4 is 28.4 Å². The Labute approximate surface area is 181 Å². The molecule has 1 spiro atoms. The summed E-state index contributed by atoms with van der Waals surface area (Å²) in [6, 6.07) is 4.03. The first-order chi connectivity index (χ1) is 14.8. The van der Waals surface area contributed by atoms with Crippen molar-refractivity contribution in [2.45, 2.75) is 43.3 Å². The largest absolute Gasteiger partial charge is 0.350 e. The summed E-state index contributed by atoms with van der Waals surface area (Å²) in [5, 5.41) is 2.81. The lowest BCUT2D eigenvalue weighted by molar-refractivity contribution is 0.0630. The Balaban J connectivity index is 1.25. The number of rotatable bonds is 1. The SMILES string of the molecule is [2H]C12CN(C)C3(CCN1NC1CCN(C(=O)c4cc5cc(F)c(Cl)cc5[nH]4)CC12)CC3. The summed E-state index contributed by atoms with van der Waals surface area (Å²) >= 11 is 5.89. The van der Waals surface area contributed by atoms with E-state index in [1.807, 2.05) is 4.90 Å². The van der Waals surface area contributed by atoms with E-state index >= 15 is 0 Å². The standard InChI is InChI=1S/C22H27ClFN5O/c1-27-12-20-14-11-28(6-2-17(14)26-29(20)7-5-22(27)3-4-22)21(30)19-9-13-8-16(24)15(23)10-18(13)25-19/h8-10,14,17,20,25-26H,2-7,11-12H2,1H3/i20D. The van der Waals surface area contributed by atoms with Gasteiger partial charge in [-0.15, -0.1) is 0 Å². The molecule has 3 aliphatic heterocycles. The number of aromatic amines is 1. The van der Waals surface area contributed by atoms with Crippen LogP contribution in [0.1, 0.15) is 37.5 Å². The number of H-pyrrole nitrogens is 1. The van der Waals surface area contributed by atoms with Crippen LogP contribution in [0.5, 0.6) is 0 Å². The van der Waals surface area contributed by atoms with Crippen LogP contribution in [0.3, 0.4) is 0 Å². The third-order valence-electron chi connectivity index (χ3n) is 7.73. The molecule has 1 amide bonds. The second kappa shape index (κ2) is 6.66. The number of aromatic nitrogens is 1. The van der Waals surface area contributed by atoms with E-state index in [0.29, 0.717) is 36.2 Å². The number of nitrogens with zero attached hydrogens (tertiary/aromatic N) is 3. The van der Waals surface area contributed by atoms with Gasteiger partial charge in [-0.1, -0.05) is 11.6 Å². The van der Waals surface area contributed by atoms with Crippen LogP contribution in [-0.2, 0) is 0 Å². The smallest absolute Gasteiger partial charge is 0.270 e. The Bertz CT molecular complexity index is 1030. The number of likely N-dealkylation sites (N-methyl/N-ethyl adjacent to an activating group) is 1. The van der Waals surface area contributed by atoms with Crippen LogP contribution in [0.15, 0.2) is 18.2 Å². The summed E-state index contributed by atoms with van der Waals surface area (Å²) in [6.07, 6.45) is 4.35. The van der Waals surface area contributed by atoms with Gasteiger partial charge >= 0.3 is 0 Å². The molecule has 4 heterocycles. The fourth-order valence-electron chi connectivity index (χ4n) is 5.63. The molecule has 0 bridgehead atoms. The maximum atomic E-state index is 13.8. The maximum absolute atomic E-state index is 13.8. The highest BCUT2D eigenvalue weighted by Gasteiger charge is 2.53. The highest BCUT2D eigenvalue weighted by molar-refractivity contribution is 6.31. The molecule has 4 aliphatic rings. The average molecular weight is 433 g/mol. The van der Waals surface area contributed by atoms with Crippen molar-refractivity contribution in [2.75, 3.05) is 33.2 Å². The quantitative estimate of drug-likeness (QED) is 0.727. The number of hydrogen-bond donors (Lipinski definition) is 2. The molecule has 30 heavy (non-hydrogen) atoms. The van der Waals surface area contributed by atoms with Crippen molar-refractivity contribution < 1.29 is 10.6 Å². The van der Waals surface area contributed by atoms with Crippen molar-refractivity contribution in [1.82, 2.24) is 25.2 Å². The molecule has 1 aromatic carbocycles. The summed E-state index contributed by atoms with van der Waals surface area (Å²) in [5.41, 5.74) is 4.98. The van der Waals surface area contributed by atoms with E-state index < -0.39 is 11.8 Å². The van der Waals surface area contributed by atoms with Crippen LogP contribution in [-0.4, -0.2) is 76.5 Å². The van der Waals surface area contributed by atoms with Gasteiger partial charge in [0, 0.05) is 62.0 Å². The lowest BCUT2D eigenvalue weighted by Gasteiger charge is -2.37. The van der Waals surface area contributed by atoms with E-state index in [0.717, 1.165) is 19.4 Å². The fourth-order valence-corrected chi connectivity index (χ4v) is 5.80. The number of carbonyl (C=O) groups is 1. The zero-order valence-corrected chi connectivity index (χ0v) is 17.8. The minimum atomic E-state index is -0.748. The average Bonchev–Trinajstić information content (AvgIpc) is 3.38. The van der Waals surface area contributed by atoms with Crippen LogP contribution in [0.4, 0.5) is 4.39 Å². The van der Waals surface area contributed by atoms with Crippen LogP contribution >= 0.6 is 11.6 Å². The number of likely N-dealkylation sites (tertiary alicyclic amines) is 1. The van der Waals surface area contributed by atoms with E-state index in [1.54, 1.807) is 6.07 Å². The van der Waals surface area contributed by atoms with Crippen molar-refractivity contribution in [2.24, 2.45) is 5.92 Å². The molecule has 6 rings (SSSR count). The van der Waals surface area contributed by atoms with Gasteiger partial charge < -0.3 is 9.88 Å². The first-order valence-electron chi connectivity index (χ1n) is 11.3. The molecule has 1 aliphatic carbocycles. The Morgan fingerprint density at radius 2 is 2.10 bits per heavy atom. The lowest BCUT2D eigenvalue weighted by atomic mass is 9.87. The predicted octanol–water partition coefficient (Wildman–Crippen LogP) is 2.85. The maximum Gasteiger partial charge on any atom is 0.270 e. The number of halogens is 2. The van der Waals surface area contributed by atoms with Gasteiger partial charge in [0.05, 0.1) is 5.02 Å². The first-order valence-corrected chi connectivity index (χ1v) is 11.2. The molecule has 8 heteroatoms. The Hall–Kier alpha value is -1.67. The molecule has 1 saturated carbocycles. The van der Waals surface area contributed by atoms with Gasteiger partial charge in [-0.25, -0.2) is 9.40 Å². The van der Waals surface area contributed by atoms with Crippen LogP contribution in [0.25, 0.3) is 10.9 Å². The predicted molar refractivity (Wildman–Crippen MR) is 114 cm³/mol. The van der Waals surface area contributed by atoms with E-state index in [4.69, 9.17) is 11.6 Å². The molecule has 6 nitrogen and oxygen atoms in total. The van der Waals surface area contributed by atoms with E-state index in [9.17, 15) is 10.6 Å². The summed E-state index contributed by atoms with van der Waals surface area (Å²) in [4.78, 5) is 20.6.